The number of aromatic nitrogens is 1. The minimum atomic E-state index is -4.79. The van der Waals surface area contributed by atoms with Crippen LogP contribution < -0.4 is 4.74 Å². The van der Waals surface area contributed by atoms with Crippen LogP contribution in [0.5, 0.6) is 5.75 Å². The van der Waals surface area contributed by atoms with Gasteiger partial charge in [-0.1, -0.05) is 23.7 Å². The fourth-order valence-corrected chi connectivity index (χ4v) is 3.42. The van der Waals surface area contributed by atoms with Crippen LogP contribution in [0.4, 0.5) is 13.2 Å². The second kappa shape index (κ2) is 7.99. The molecule has 0 aliphatic carbocycles. The average Bonchev–Trinajstić information content (AvgIpc) is 3.02. The maximum absolute atomic E-state index is 14.0. The van der Waals surface area contributed by atoms with E-state index in [-0.39, 0.29) is 34.2 Å². The van der Waals surface area contributed by atoms with Crippen LogP contribution in [-0.4, -0.2) is 23.7 Å². The molecule has 0 fully saturated rings. The Kier molecular flexibility index (Phi) is 5.80. The Balaban J connectivity index is 2.27. The van der Waals surface area contributed by atoms with E-state index in [1.807, 2.05) is 13.8 Å². The molecule has 2 aromatic carbocycles. The number of halogens is 4. The third-order valence-electron chi connectivity index (χ3n) is 4.19. The lowest BCUT2D eigenvalue weighted by Crippen LogP contribution is -2.14. The van der Waals surface area contributed by atoms with E-state index in [0.717, 1.165) is 0 Å². The highest BCUT2D eigenvalue weighted by Crippen LogP contribution is 2.45. The van der Waals surface area contributed by atoms with E-state index in [2.05, 4.69) is 4.98 Å². The third kappa shape index (κ3) is 4.19. The molecule has 154 valence electrons. The van der Waals surface area contributed by atoms with Crippen molar-refractivity contribution in [3.63, 3.8) is 0 Å². The molecule has 1 heterocycles. The number of carbonyl (C=O) groups excluding carboxylic acids is 1. The highest BCUT2D eigenvalue weighted by molar-refractivity contribution is 6.35. The Hall–Kier alpha value is -2.67. The van der Waals surface area contributed by atoms with Gasteiger partial charge in [-0.15, -0.1) is 0 Å². The number of aromatic amines is 1. The second-order valence-corrected chi connectivity index (χ2v) is 7.04. The van der Waals surface area contributed by atoms with Crippen LogP contribution in [0.1, 0.15) is 36.8 Å². The number of nitrogens with one attached hydrogen (secondary N) is 1. The van der Waals surface area contributed by atoms with Gasteiger partial charge in [0, 0.05) is 21.5 Å². The average molecular weight is 426 g/mol. The zero-order valence-electron chi connectivity index (χ0n) is 16.0. The summed E-state index contributed by atoms with van der Waals surface area (Å²) in [6.07, 6.45) is -4.83. The molecule has 1 N–H and O–H groups in total. The third-order valence-corrected chi connectivity index (χ3v) is 4.51. The first-order valence-electron chi connectivity index (χ1n) is 8.99. The van der Waals surface area contributed by atoms with Crippen LogP contribution in [0, 0.1) is 0 Å². The summed E-state index contributed by atoms with van der Waals surface area (Å²) in [6, 6.07) is 9.50. The summed E-state index contributed by atoms with van der Waals surface area (Å²) in [5.74, 6) is -0.483. The number of carbonyl (C=O) groups is 1. The number of hydrogen-bond donors (Lipinski definition) is 1. The summed E-state index contributed by atoms with van der Waals surface area (Å²) in [5.41, 5.74) is -0.943. The molecule has 0 aliphatic rings. The van der Waals surface area contributed by atoms with Crippen LogP contribution in [0.3, 0.4) is 0 Å². The second-order valence-electron chi connectivity index (χ2n) is 6.63. The maximum atomic E-state index is 14.0. The van der Waals surface area contributed by atoms with Crippen molar-refractivity contribution in [3.05, 3.63) is 52.7 Å². The van der Waals surface area contributed by atoms with Crippen LogP contribution >= 0.6 is 11.6 Å². The molecule has 0 radical (unpaired) electrons. The predicted molar refractivity (Wildman–Crippen MR) is 105 cm³/mol. The van der Waals surface area contributed by atoms with Gasteiger partial charge in [-0.05, 0) is 50.6 Å². The van der Waals surface area contributed by atoms with Crippen molar-refractivity contribution in [2.75, 3.05) is 6.61 Å². The molecular formula is C21H19ClF3NO3. The molecule has 0 atom stereocenters. The number of benzene rings is 2. The van der Waals surface area contributed by atoms with Gasteiger partial charge in [0.25, 0.3) is 0 Å². The number of hydrogen-bond acceptors (Lipinski definition) is 3. The van der Waals surface area contributed by atoms with Crippen LogP contribution in [0.2, 0.25) is 5.02 Å². The SMILES string of the molecule is CCOC(=O)c1[nH]c2ccc(Cl)c(-c3ccc(OC(C)C)cc3)c2c1C(F)(F)F. The Morgan fingerprint density at radius 3 is 2.34 bits per heavy atom. The lowest BCUT2D eigenvalue weighted by atomic mass is 9.97. The molecule has 4 nitrogen and oxygen atoms in total. The van der Waals surface area contributed by atoms with Gasteiger partial charge < -0.3 is 14.5 Å². The summed E-state index contributed by atoms with van der Waals surface area (Å²) < 4.78 is 52.3. The molecule has 29 heavy (non-hydrogen) atoms. The van der Waals surface area contributed by atoms with Crippen molar-refractivity contribution in [3.8, 4) is 16.9 Å². The van der Waals surface area contributed by atoms with Crippen molar-refractivity contribution in [1.82, 2.24) is 4.98 Å². The summed E-state index contributed by atoms with van der Waals surface area (Å²) in [7, 11) is 0. The smallest absolute Gasteiger partial charge is 0.419 e. The van der Waals surface area contributed by atoms with Gasteiger partial charge in [-0.25, -0.2) is 4.79 Å². The number of rotatable bonds is 5. The zero-order chi connectivity index (χ0) is 21.3. The summed E-state index contributed by atoms with van der Waals surface area (Å²) in [4.78, 5) is 14.7. The number of alkyl halides is 3. The molecule has 0 aliphatic heterocycles. The topological polar surface area (TPSA) is 51.3 Å². The van der Waals surface area contributed by atoms with Gasteiger partial charge in [0.2, 0.25) is 0 Å². The van der Waals surface area contributed by atoms with Crippen LogP contribution in [0.15, 0.2) is 36.4 Å². The Labute approximate surface area is 170 Å². The fraction of sp³-hybridized carbons (Fsp3) is 0.286. The number of fused-ring (bicyclic) bond motifs is 1. The normalized spacial score (nSPS) is 11.9. The van der Waals surface area contributed by atoms with Gasteiger partial charge in [-0.3, -0.25) is 0 Å². The van der Waals surface area contributed by atoms with E-state index in [4.69, 9.17) is 21.1 Å². The highest BCUT2D eigenvalue weighted by atomic mass is 35.5. The maximum Gasteiger partial charge on any atom is 0.419 e. The molecule has 1 aromatic heterocycles. The molecule has 0 saturated heterocycles. The molecule has 8 heteroatoms. The quantitative estimate of drug-likeness (QED) is 0.476. The van der Waals surface area contributed by atoms with Gasteiger partial charge in [0.15, 0.2) is 0 Å². The van der Waals surface area contributed by atoms with E-state index in [1.54, 1.807) is 24.3 Å². The van der Waals surface area contributed by atoms with E-state index >= 15 is 0 Å². The van der Waals surface area contributed by atoms with Gasteiger partial charge in [0.05, 0.1) is 18.3 Å². The number of H-pyrrole nitrogens is 1. The fourth-order valence-electron chi connectivity index (χ4n) is 3.16. The van der Waals surface area contributed by atoms with E-state index < -0.39 is 23.4 Å². The molecule has 3 aromatic rings. The first-order chi connectivity index (χ1) is 13.6. The minimum Gasteiger partial charge on any atom is -0.491 e. The molecule has 0 unspecified atom stereocenters. The summed E-state index contributed by atoms with van der Waals surface area (Å²) >= 11 is 6.31. The minimum absolute atomic E-state index is 0.0403. The first kappa shape index (κ1) is 21.0. The van der Waals surface area contributed by atoms with E-state index in [9.17, 15) is 18.0 Å². The summed E-state index contributed by atoms with van der Waals surface area (Å²) in [6.45, 7) is 5.23. The Morgan fingerprint density at radius 2 is 1.79 bits per heavy atom. The molecular weight excluding hydrogens is 407 g/mol. The number of esters is 1. The standard InChI is InChI=1S/C21H19ClF3NO3/c1-4-28-20(27)19-18(21(23,24)25)17-15(26-19)10-9-14(22)16(17)12-5-7-13(8-6-12)29-11(2)3/h5-11,26H,4H2,1-3H3. The van der Waals surface area contributed by atoms with Crippen molar-refractivity contribution < 1.29 is 27.4 Å². The largest absolute Gasteiger partial charge is 0.491 e. The molecule has 0 bridgehead atoms. The Morgan fingerprint density at radius 1 is 1.14 bits per heavy atom. The van der Waals surface area contributed by atoms with Crippen LogP contribution in [0.25, 0.3) is 22.0 Å². The number of ether oxygens (including phenoxy) is 2. The summed E-state index contributed by atoms with van der Waals surface area (Å²) in [5, 5.41) is -0.0412. The Bertz CT molecular complexity index is 1040. The predicted octanol–water partition coefficient (Wildman–Crippen LogP) is 6.47. The molecule has 3 rings (SSSR count). The van der Waals surface area contributed by atoms with Crippen molar-refractivity contribution in [2.45, 2.75) is 33.1 Å². The van der Waals surface area contributed by atoms with E-state index in [0.29, 0.717) is 11.3 Å². The van der Waals surface area contributed by atoms with Crippen molar-refractivity contribution in [2.24, 2.45) is 0 Å². The molecule has 0 saturated carbocycles. The van der Waals surface area contributed by atoms with Gasteiger partial charge in [0.1, 0.15) is 11.4 Å². The van der Waals surface area contributed by atoms with Crippen molar-refractivity contribution >= 4 is 28.5 Å². The lowest BCUT2D eigenvalue weighted by Gasteiger charge is -2.13. The zero-order valence-corrected chi connectivity index (χ0v) is 16.7. The highest BCUT2D eigenvalue weighted by Gasteiger charge is 2.41. The van der Waals surface area contributed by atoms with Crippen LogP contribution in [-0.2, 0) is 10.9 Å². The van der Waals surface area contributed by atoms with Crippen molar-refractivity contribution in [1.29, 1.82) is 0 Å². The van der Waals surface area contributed by atoms with Gasteiger partial charge in [-0.2, -0.15) is 13.2 Å². The first-order valence-corrected chi connectivity index (χ1v) is 9.36. The van der Waals surface area contributed by atoms with E-state index in [1.165, 1.54) is 19.1 Å². The molecule has 0 amide bonds. The van der Waals surface area contributed by atoms with Gasteiger partial charge >= 0.3 is 12.1 Å². The monoisotopic (exact) mass is 425 g/mol. The lowest BCUT2D eigenvalue weighted by molar-refractivity contribution is -0.136. The molecule has 0 spiro atoms.